The third-order valence-electron chi connectivity index (χ3n) is 2.74. The smallest absolute Gasteiger partial charge is 0.307 e. The molecule has 1 saturated heterocycles. The van der Waals surface area contributed by atoms with Crippen LogP contribution in [0.15, 0.2) is 0 Å². The van der Waals surface area contributed by atoms with Crippen molar-refractivity contribution in [2.75, 3.05) is 40.4 Å². The van der Waals surface area contributed by atoms with E-state index >= 15 is 0 Å². The van der Waals surface area contributed by atoms with E-state index in [1.807, 2.05) is 6.92 Å². The van der Waals surface area contributed by atoms with Crippen LogP contribution in [0.25, 0.3) is 0 Å². The van der Waals surface area contributed by atoms with E-state index in [9.17, 15) is 4.79 Å². The SMILES string of the molecule is COC(=O)CC(C)NCC1CN(C)CCO1. The Labute approximate surface area is 97.1 Å². The van der Waals surface area contributed by atoms with Gasteiger partial charge in [-0.05, 0) is 14.0 Å². The summed E-state index contributed by atoms with van der Waals surface area (Å²) < 4.78 is 10.2. The van der Waals surface area contributed by atoms with Crippen molar-refractivity contribution in [2.45, 2.75) is 25.5 Å². The van der Waals surface area contributed by atoms with Crippen LogP contribution in [-0.4, -0.2) is 63.4 Å². The second-order valence-corrected chi connectivity index (χ2v) is 4.34. The number of methoxy groups -OCH3 is 1. The first kappa shape index (κ1) is 13.4. The lowest BCUT2D eigenvalue weighted by Gasteiger charge is -2.30. The van der Waals surface area contributed by atoms with Crippen LogP contribution >= 0.6 is 0 Å². The maximum absolute atomic E-state index is 11.0. The summed E-state index contributed by atoms with van der Waals surface area (Å²) in [6.45, 7) is 5.48. The molecule has 0 aromatic rings. The summed E-state index contributed by atoms with van der Waals surface area (Å²) in [5.41, 5.74) is 0. The fourth-order valence-corrected chi connectivity index (χ4v) is 1.73. The minimum atomic E-state index is -0.179. The van der Waals surface area contributed by atoms with Crippen LogP contribution in [0, 0.1) is 0 Å². The third-order valence-corrected chi connectivity index (χ3v) is 2.74. The lowest BCUT2D eigenvalue weighted by molar-refractivity contribution is -0.141. The molecule has 0 saturated carbocycles. The zero-order chi connectivity index (χ0) is 12.0. The van der Waals surface area contributed by atoms with Crippen molar-refractivity contribution < 1.29 is 14.3 Å². The van der Waals surface area contributed by atoms with Gasteiger partial charge < -0.3 is 19.7 Å². The number of morpholine rings is 1. The van der Waals surface area contributed by atoms with Crippen molar-refractivity contribution in [2.24, 2.45) is 0 Å². The quantitative estimate of drug-likeness (QED) is 0.666. The monoisotopic (exact) mass is 230 g/mol. The largest absolute Gasteiger partial charge is 0.469 e. The molecule has 0 radical (unpaired) electrons. The molecule has 0 spiro atoms. The van der Waals surface area contributed by atoms with Crippen molar-refractivity contribution in [3.05, 3.63) is 0 Å². The van der Waals surface area contributed by atoms with Gasteiger partial charge in [-0.25, -0.2) is 0 Å². The summed E-state index contributed by atoms with van der Waals surface area (Å²) in [5.74, 6) is -0.179. The molecule has 2 unspecified atom stereocenters. The molecule has 1 aliphatic rings. The Morgan fingerprint density at radius 1 is 1.69 bits per heavy atom. The summed E-state index contributed by atoms with van der Waals surface area (Å²) >= 11 is 0. The molecule has 2 atom stereocenters. The molecule has 0 bridgehead atoms. The van der Waals surface area contributed by atoms with Crippen LogP contribution in [-0.2, 0) is 14.3 Å². The molecular formula is C11H22N2O3. The lowest BCUT2D eigenvalue weighted by atomic mass is 10.2. The second kappa shape index (κ2) is 6.83. The number of likely N-dealkylation sites (N-methyl/N-ethyl adjacent to an activating group) is 1. The minimum Gasteiger partial charge on any atom is -0.469 e. The van der Waals surface area contributed by atoms with E-state index in [-0.39, 0.29) is 18.1 Å². The zero-order valence-corrected chi connectivity index (χ0v) is 10.4. The van der Waals surface area contributed by atoms with Crippen LogP contribution in [0.2, 0.25) is 0 Å². The molecular weight excluding hydrogens is 208 g/mol. The molecule has 94 valence electrons. The molecule has 5 heteroatoms. The van der Waals surface area contributed by atoms with E-state index in [2.05, 4.69) is 22.0 Å². The van der Waals surface area contributed by atoms with Crippen molar-refractivity contribution in [3.8, 4) is 0 Å². The Morgan fingerprint density at radius 3 is 3.06 bits per heavy atom. The van der Waals surface area contributed by atoms with Crippen LogP contribution in [0.4, 0.5) is 0 Å². The Hall–Kier alpha value is -0.650. The third kappa shape index (κ3) is 4.92. The number of hydrogen-bond acceptors (Lipinski definition) is 5. The summed E-state index contributed by atoms with van der Waals surface area (Å²) in [5, 5.41) is 3.29. The highest BCUT2D eigenvalue weighted by atomic mass is 16.5. The van der Waals surface area contributed by atoms with E-state index in [1.165, 1.54) is 7.11 Å². The fraction of sp³-hybridized carbons (Fsp3) is 0.909. The topological polar surface area (TPSA) is 50.8 Å². The molecule has 16 heavy (non-hydrogen) atoms. The highest BCUT2D eigenvalue weighted by Crippen LogP contribution is 2.02. The Kier molecular flexibility index (Phi) is 5.73. The number of carbonyl (C=O) groups is 1. The second-order valence-electron chi connectivity index (χ2n) is 4.34. The maximum Gasteiger partial charge on any atom is 0.307 e. The van der Waals surface area contributed by atoms with Gasteiger partial charge in [0.05, 0.1) is 26.2 Å². The highest BCUT2D eigenvalue weighted by Gasteiger charge is 2.18. The molecule has 1 N–H and O–H groups in total. The molecule has 5 nitrogen and oxygen atoms in total. The summed E-state index contributed by atoms with van der Waals surface area (Å²) in [4.78, 5) is 13.3. The molecule has 1 aliphatic heterocycles. The van der Waals surface area contributed by atoms with Gasteiger partial charge in [0, 0.05) is 25.7 Å². The molecule has 1 rings (SSSR count). The van der Waals surface area contributed by atoms with Gasteiger partial charge in [-0.3, -0.25) is 4.79 Å². The number of carbonyl (C=O) groups excluding carboxylic acids is 1. The molecule has 0 amide bonds. The van der Waals surface area contributed by atoms with Crippen LogP contribution < -0.4 is 5.32 Å². The molecule has 1 fully saturated rings. The summed E-state index contributed by atoms with van der Waals surface area (Å²) in [6.07, 6.45) is 0.623. The predicted octanol–water partition coefficient (Wildman–Crippen LogP) is -0.142. The molecule has 0 aromatic carbocycles. The molecule has 0 aromatic heterocycles. The zero-order valence-electron chi connectivity index (χ0n) is 10.4. The van der Waals surface area contributed by atoms with Crippen molar-refractivity contribution in [3.63, 3.8) is 0 Å². The lowest BCUT2D eigenvalue weighted by Crippen LogP contribution is -2.46. The Bertz CT molecular complexity index is 223. The van der Waals surface area contributed by atoms with Gasteiger partial charge in [-0.2, -0.15) is 0 Å². The number of nitrogens with zero attached hydrogens (tertiary/aromatic N) is 1. The van der Waals surface area contributed by atoms with Gasteiger partial charge in [0.15, 0.2) is 0 Å². The first-order chi connectivity index (χ1) is 7.61. The number of hydrogen-bond donors (Lipinski definition) is 1. The van der Waals surface area contributed by atoms with Gasteiger partial charge >= 0.3 is 5.97 Å². The van der Waals surface area contributed by atoms with Gasteiger partial charge in [0.2, 0.25) is 0 Å². The highest BCUT2D eigenvalue weighted by molar-refractivity contribution is 5.69. The number of esters is 1. The number of nitrogens with one attached hydrogen (secondary N) is 1. The molecule has 0 aliphatic carbocycles. The standard InChI is InChI=1S/C11H22N2O3/c1-9(6-11(14)15-3)12-7-10-8-13(2)4-5-16-10/h9-10,12H,4-8H2,1-3H3. The normalized spacial score (nSPS) is 24.1. The van der Waals surface area contributed by atoms with E-state index < -0.39 is 0 Å². The van der Waals surface area contributed by atoms with Crippen LogP contribution in [0.5, 0.6) is 0 Å². The average Bonchev–Trinajstić information content (AvgIpc) is 2.26. The maximum atomic E-state index is 11.0. The average molecular weight is 230 g/mol. The van der Waals surface area contributed by atoms with Crippen LogP contribution in [0.1, 0.15) is 13.3 Å². The number of ether oxygens (including phenoxy) is 2. The number of rotatable bonds is 5. The van der Waals surface area contributed by atoms with Gasteiger partial charge in [0.1, 0.15) is 0 Å². The van der Waals surface area contributed by atoms with Crippen molar-refractivity contribution >= 4 is 5.97 Å². The fourth-order valence-electron chi connectivity index (χ4n) is 1.73. The first-order valence-corrected chi connectivity index (χ1v) is 5.72. The van der Waals surface area contributed by atoms with E-state index in [0.717, 1.165) is 26.2 Å². The molecule has 1 heterocycles. The van der Waals surface area contributed by atoms with Gasteiger partial charge in [0.25, 0.3) is 0 Å². The summed E-state index contributed by atoms with van der Waals surface area (Å²) in [7, 11) is 3.50. The Balaban J connectivity index is 2.15. The van der Waals surface area contributed by atoms with Crippen LogP contribution in [0.3, 0.4) is 0 Å². The summed E-state index contributed by atoms with van der Waals surface area (Å²) in [6, 6.07) is 0.128. The minimum absolute atomic E-state index is 0.128. The first-order valence-electron chi connectivity index (χ1n) is 5.72. The van der Waals surface area contributed by atoms with E-state index in [1.54, 1.807) is 0 Å². The Morgan fingerprint density at radius 2 is 2.44 bits per heavy atom. The van der Waals surface area contributed by atoms with Gasteiger partial charge in [-0.1, -0.05) is 0 Å². The predicted molar refractivity (Wildman–Crippen MR) is 61.3 cm³/mol. The van der Waals surface area contributed by atoms with E-state index in [0.29, 0.717) is 6.42 Å². The van der Waals surface area contributed by atoms with E-state index in [4.69, 9.17) is 4.74 Å². The van der Waals surface area contributed by atoms with Crippen molar-refractivity contribution in [1.29, 1.82) is 0 Å². The van der Waals surface area contributed by atoms with Crippen molar-refractivity contribution in [1.82, 2.24) is 10.2 Å². The van der Waals surface area contributed by atoms with Gasteiger partial charge in [-0.15, -0.1) is 0 Å².